The van der Waals surface area contributed by atoms with Gasteiger partial charge in [-0.3, -0.25) is 9.59 Å². The molecule has 0 aromatic carbocycles. The molecule has 0 unspecified atom stereocenters. The van der Waals surface area contributed by atoms with E-state index in [0.717, 1.165) is 31.6 Å². The molecule has 4 rings (SSSR count). The molecule has 0 aliphatic heterocycles. The largest absolute Gasteiger partial charge is 0.481 e. The quantitative estimate of drug-likeness (QED) is 0.774. The number of hydrogen-bond acceptors (Lipinski definition) is 2. The van der Waals surface area contributed by atoms with Crippen molar-refractivity contribution in [3.8, 4) is 0 Å². The number of allylic oxidation sites excluding steroid dienone is 4. The Morgan fingerprint density at radius 3 is 2.88 bits per heavy atom. The highest BCUT2D eigenvalue weighted by Gasteiger charge is 2.53. The van der Waals surface area contributed by atoms with Crippen molar-refractivity contribution < 1.29 is 14.7 Å². The fourth-order valence-electron chi connectivity index (χ4n) is 6.38. The number of carbonyl (C=O) groups excluding carboxylic acids is 1. The van der Waals surface area contributed by atoms with Gasteiger partial charge in [0.1, 0.15) is 0 Å². The number of aliphatic carboxylic acids is 1. The molecule has 0 aromatic heterocycles. The first-order valence-corrected chi connectivity index (χ1v) is 9.64. The van der Waals surface area contributed by atoms with Crippen LogP contribution in [-0.2, 0) is 9.59 Å². The van der Waals surface area contributed by atoms with Crippen molar-refractivity contribution in [1.82, 2.24) is 0 Å². The molecule has 4 aliphatic carbocycles. The molecular formula is C21H28O3. The third-order valence-corrected chi connectivity index (χ3v) is 7.62. The lowest BCUT2D eigenvalue weighted by atomic mass is 9.55. The summed E-state index contributed by atoms with van der Waals surface area (Å²) < 4.78 is 0. The van der Waals surface area contributed by atoms with Crippen LogP contribution in [-0.4, -0.2) is 16.9 Å². The lowest BCUT2D eigenvalue weighted by Crippen LogP contribution is -2.40. The summed E-state index contributed by atoms with van der Waals surface area (Å²) in [5, 5.41) is 9.05. The molecule has 0 aromatic rings. The number of rotatable bonds is 3. The highest BCUT2D eigenvalue weighted by molar-refractivity contribution is 5.91. The van der Waals surface area contributed by atoms with Crippen molar-refractivity contribution in [2.24, 2.45) is 29.1 Å². The molecule has 0 bridgehead atoms. The molecule has 2 fully saturated rings. The number of hydrogen-bond donors (Lipinski definition) is 1. The number of carboxylic acid groups (broad SMARTS) is 1. The molecule has 0 heterocycles. The minimum atomic E-state index is -0.659. The van der Waals surface area contributed by atoms with E-state index in [2.05, 4.69) is 13.0 Å². The van der Waals surface area contributed by atoms with Gasteiger partial charge in [-0.25, -0.2) is 0 Å². The van der Waals surface area contributed by atoms with Gasteiger partial charge in [0.15, 0.2) is 5.78 Å². The van der Waals surface area contributed by atoms with Gasteiger partial charge in [-0.05, 0) is 74.2 Å². The van der Waals surface area contributed by atoms with Crippen molar-refractivity contribution in [2.75, 3.05) is 0 Å². The Labute approximate surface area is 144 Å². The van der Waals surface area contributed by atoms with Crippen LogP contribution < -0.4 is 0 Å². The summed E-state index contributed by atoms with van der Waals surface area (Å²) in [7, 11) is 0. The van der Waals surface area contributed by atoms with Gasteiger partial charge < -0.3 is 5.11 Å². The zero-order valence-electron chi connectivity index (χ0n) is 14.6. The second-order valence-electron chi connectivity index (χ2n) is 8.65. The normalized spacial score (nSPS) is 41.0. The number of fused-ring (bicyclic) bond motifs is 5. The van der Waals surface area contributed by atoms with Crippen LogP contribution in [0.5, 0.6) is 0 Å². The van der Waals surface area contributed by atoms with Crippen LogP contribution in [0.4, 0.5) is 0 Å². The van der Waals surface area contributed by atoms with Crippen LogP contribution in [0.2, 0.25) is 0 Å². The fourth-order valence-corrected chi connectivity index (χ4v) is 6.38. The van der Waals surface area contributed by atoms with E-state index in [0.29, 0.717) is 36.4 Å². The lowest BCUT2D eigenvalue weighted by molar-refractivity contribution is -0.137. The Kier molecular flexibility index (Phi) is 3.93. The Bertz CT molecular complexity index is 629. The third-order valence-electron chi connectivity index (χ3n) is 7.62. The lowest BCUT2D eigenvalue weighted by Gasteiger charge is -2.49. The maximum absolute atomic E-state index is 11.7. The number of carboxylic acids is 1. The summed E-state index contributed by atoms with van der Waals surface area (Å²) in [5.41, 5.74) is 3.30. The van der Waals surface area contributed by atoms with Crippen molar-refractivity contribution in [2.45, 2.75) is 64.7 Å². The summed E-state index contributed by atoms with van der Waals surface area (Å²) in [4.78, 5) is 22.7. The van der Waals surface area contributed by atoms with Gasteiger partial charge in [-0.1, -0.05) is 24.1 Å². The fraction of sp³-hybridized carbons (Fsp3) is 0.714. The van der Waals surface area contributed by atoms with Crippen molar-refractivity contribution in [1.29, 1.82) is 0 Å². The highest BCUT2D eigenvalue weighted by Crippen LogP contribution is 2.62. The minimum absolute atomic E-state index is 0.287. The van der Waals surface area contributed by atoms with Crippen molar-refractivity contribution in [3.63, 3.8) is 0 Å². The molecule has 0 spiro atoms. The van der Waals surface area contributed by atoms with Crippen LogP contribution in [0, 0.1) is 29.1 Å². The summed E-state index contributed by atoms with van der Waals surface area (Å²) in [5.74, 6) is 2.14. The zero-order valence-corrected chi connectivity index (χ0v) is 14.6. The maximum Gasteiger partial charge on any atom is 0.303 e. The molecule has 5 atom stereocenters. The van der Waals surface area contributed by atoms with Crippen molar-refractivity contribution in [3.05, 3.63) is 23.3 Å². The monoisotopic (exact) mass is 328 g/mol. The predicted molar refractivity (Wildman–Crippen MR) is 92.4 cm³/mol. The van der Waals surface area contributed by atoms with E-state index in [1.807, 2.05) is 6.08 Å². The van der Waals surface area contributed by atoms with E-state index in [4.69, 9.17) is 5.11 Å². The Balaban J connectivity index is 1.58. The predicted octanol–water partition coefficient (Wildman–Crippen LogP) is 4.53. The van der Waals surface area contributed by atoms with E-state index in [1.54, 1.807) is 5.57 Å². The van der Waals surface area contributed by atoms with E-state index < -0.39 is 5.97 Å². The smallest absolute Gasteiger partial charge is 0.303 e. The van der Waals surface area contributed by atoms with Gasteiger partial charge in [0.2, 0.25) is 0 Å². The van der Waals surface area contributed by atoms with Crippen LogP contribution in [0.25, 0.3) is 0 Å². The van der Waals surface area contributed by atoms with Crippen LogP contribution in [0.1, 0.15) is 64.7 Å². The van der Waals surface area contributed by atoms with E-state index >= 15 is 0 Å². The van der Waals surface area contributed by atoms with Gasteiger partial charge in [0.05, 0.1) is 0 Å². The molecule has 24 heavy (non-hydrogen) atoms. The summed E-state index contributed by atoms with van der Waals surface area (Å²) >= 11 is 0. The van der Waals surface area contributed by atoms with Gasteiger partial charge in [0, 0.05) is 18.8 Å². The first kappa shape index (κ1) is 16.1. The molecule has 3 nitrogen and oxygen atoms in total. The van der Waals surface area contributed by atoms with E-state index in [1.165, 1.54) is 24.8 Å². The first-order valence-electron chi connectivity index (χ1n) is 9.64. The minimum Gasteiger partial charge on any atom is -0.481 e. The third kappa shape index (κ3) is 2.48. The summed E-state index contributed by atoms with van der Waals surface area (Å²) in [6.45, 7) is 2.42. The molecule has 0 amide bonds. The summed E-state index contributed by atoms with van der Waals surface area (Å²) in [6, 6.07) is 0. The van der Waals surface area contributed by atoms with Gasteiger partial charge in [-0.15, -0.1) is 0 Å². The average molecular weight is 328 g/mol. The highest BCUT2D eigenvalue weighted by atomic mass is 16.4. The second-order valence-corrected chi connectivity index (χ2v) is 8.65. The Morgan fingerprint density at radius 2 is 2.08 bits per heavy atom. The molecule has 0 radical (unpaired) electrons. The molecular weight excluding hydrogens is 300 g/mol. The molecule has 130 valence electrons. The van der Waals surface area contributed by atoms with Crippen LogP contribution in [0.3, 0.4) is 0 Å². The van der Waals surface area contributed by atoms with E-state index in [-0.39, 0.29) is 5.41 Å². The maximum atomic E-state index is 11.7. The zero-order chi connectivity index (χ0) is 16.9. The van der Waals surface area contributed by atoms with Crippen molar-refractivity contribution >= 4 is 11.8 Å². The van der Waals surface area contributed by atoms with Crippen LogP contribution in [0.15, 0.2) is 23.3 Å². The molecule has 0 saturated heterocycles. The van der Waals surface area contributed by atoms with Gasteiger partial charge >= 0.3 is 5.97 Å². The standard InChI is InChI=1S/C21H28O3/c1-21-11-10-17-16-7-5-15(22)12-13(16)2-6-18(17)19(21)8-3-14(21)4-9-20(23)24/h10,12,14,16,18-19H,2-9,11H2,1H3,(H,23,24)/t14-,16-,18+,19-,21+/m0/s1. The Hall–Kier alpha value is -1.38. The number of carbonyl (C=O) groups is 2. The molecule has 3 heteroatoms. The Morgan fingerprint density at radius 1 is 1.25 bits per heavy atom. The second kappa shape index (κ2) is 5.86. The number of ketones is 1. The van der Waals surface area contributed by atoms with Gasteiger partial charge in [0.25, 0.3) is 0 Å². The topological polar surface area (TPSA) is 54.4 Å². The van der Waals surface area contributed by atoms with Gasteiger partial charge in [-0.2, -0.15) is 0 Å². The molecule has 4 aliphatic rings. The molecule has 1 N–H and O–H groups in total. The SMILES string of the molecule is C[C@]12CC=C3[C@H]4CCC(=O)C=C4CC[C@H]3[C@@H]1CC[C@H]2CCC(=O)O. The first-order chi connectivity index (χ1) is 11.5. The molecule has 2 saturated carbocycles. The average Bonchev–Trinajstić information content (AvgIpc) is 2.89. The summed E-state index contributed by atoms with van der Waals surface area (Å²) in [6.07, 6.45) is 13.1. The van der Waals surface area contributed by atoms with E-state index in [9.17, 15) is 9.59 Å². The van der Waals surface area contributed by atoms with Crippen LogP contribution >= 0.6 is 0 Å².